The molecule has 2 aromatic carbocycles. The van der Waals surface area contributed by atoms with E-state index in [-0.39, 0.29) is 18.4 Å². The standard InChI is InChI=1S/C19H18N4O3/c1-2-23-16-6-4-3-5-13(16)15(22-23)10-20-19(25)12-7-8-14-17(9-12)26-11-18(24)21-14/h3-9H,2,10-11H2,1H3,(H,20,25)(H,21,24). The van der Waals surface area contributed by atoms with E-state index in [1.165, 1.54) is 0 Å². The molecule has 132 valence electrons. The van der Waals surface area contributed by atoms with Crippen molar-refractivity contribution in [3.63, 3.8) is 0 Å². The van der Waals surface area contributed by atoms with E-state index >= 15 is 0 Å². The van der Waals surface area contributed by atoms with Gasteiger partial charge < -0.3 is 15.4 Å². The number of nitrogens with zero attached hydrogens (tertiary/aromatic N) is 2. The minimum atomic E-state index is -0.219. The van der Waals surface area contributed by atoms with E-state index in [4.69, 9.17) is 4.74 Å². The molecule has 0 saturated carbocycles. The Bertz CT molecular complexity index is 1010. The van der Waals surface area contributed by atoms with Gasteiger partial charge in [0, 0.05) is 17.5 Å². The van der Waals surface area contributed by atoms with Crippen molar-refractivity contribution < 1.29 is 14.3 Å². The van der Waals surface area contributed by atoms with Gasteiger partial charge in [0.2, 0.25) is 0 Å². The van der Waals surface area contributed by atoms with Crippen LogP contribution >= 0.6 is 0 Å². The number of rotatable bonds is 4. The van der Waals surface area contributed by atoms with E-state index in [1.807, 2.05) is 35.9 Å². The molecule has 3 aromatic rings. The van der Waals surface area contributed by atoms with Crippen molar-refractivity contribution in [1.29, 1.82) is 0 Å². The van der Waals surface area contributed by atoms with Gasteiger partial charge in [-0.3, -0.25) is 14.3 Å². The van der Waals surface area contributed by atoms with Gasteiger partial charge in [0.25, 0.3) is 11.8 Å². The van der Waals surface area contributed by atoms with Gasteiger partial charge >= 0.3 is 0 Å². The number of amides is 2. The summed E-state index contributed by atoms with van der Waals surface area (Å²) >= 11 is 0. The number of ether oxygens (including phenoxy) is 1. The van der Waals surface area contributed by atoms with Crippen LogP contribution in [0.5, 0.6) is 5.75 Å². The molecule has 26 heavy (non-hydrogen) atoms. The normalized spacial score (nSPS) is 13.0. The van der Waals surface area contributed by atoms with E-state index in [1.54, 1.807) is 18.2 Å². The van der Waals surface area contributed by atoms with E-state index in [2.05, 4.69) is 15.7 Å². The molecule has 2 heterocycles. The van der Waals surface area contributed by atoms with Crippen LogP contribution in [0.4, 0.5) is 5.69 Å². The summed E-state index contributed by atoms with van der Waals surface area (Å²) in [6.07, 6.45) is 0. The van der Waals surface area contributed by atoms with Crippen LogP contribution in [0.15, 0.2) is 42.5 Å². The molecule has 0 bridgehead atoms. The van der Waals surface area contributed by atoms with Crippen molar-refractivity contribution >= 4 is 28.4 Å². The molecule has 2 amide bonds. The van der Waals surface area contributed by atoms with Crippen LogP contribution in [0.25, 0.3) is 10.9 Å². The fourth-order valence-corrected chi connectivity index (χ4v) is 3.05. The molecule has 2 N–H and O–H groups in total. The van der Waals surface area contributed by atoms with Crippen molar-refractivity contribution in [2.75, 3.05) is 11.9 Å². The first-order chi connectivity index (χ1) is 12.7. The number of carbonyl (C=O) groups excluding carboxylic acids is 2. The maximum atomic E-state index is 12.5. The Labute approximate surface area is 149 Å². The van der Waals surface area contributed by atoms with Gasteiger partial charge in [0.15, 0.2) is 6.61 Å². The number of hydrogen-bond donors (Lipinski definition) is 2. The fourth-order valence-electron chi connectivity index (χ4n) is 3.05. The van der Waals surface area contributed by atoms with Crippen molar-refractivity contribution in [1.82, 2.24) is 15.1 Å². The molecule has 0 saturated heterocycles. The molecule has 0 spiro atoms. The number of carbonyl (C=O) groups is 2. The number of aryl methyl sites for hydroxylation is 1. The van der Waals surface area contributed by atoms with Gasteiger partial charge in [-0.15, -0.1) is 0 Å². The van der Waals surface area contributed by atoms with Crippen molar-refractivity contribution in [3.8, 4) is 5.75 Å². The highest BCUT2D eigenvalue weighted by molar-refractivity contribution is 5.99. The van der Waals surface area contributed by atoms with Gasteiger partial charge in [-0.25, -0.2) is 0 Å². The fraction of sp³-hybridized carbons (Fsp3) is 0.211. The lowest BCUT2D eigenvalue weighted by molar-refractivity contribution is -0.118. The van der Waals surface area contributed by atoms with Gasteiger partial charge in [-0.1, -0.05) is 18.2 Å². The zero-order valence-electron chi connectivity index (χ0n) is 14.3. The molecule has 1 aliphatic rings. The van der Waals surface area contributed by atoms with Gasteiger partial charge in [0.1, 0.15) is 5.75 Å². The second-order valence-corrected chi connectivity index (χ2v) is 6.01. The number of benzene rings is 2. The summed E-state index contributed by atoms with van der Waals surface area (Å²) in [7, 11) is 0. The van der Waals surface area contributed by atoms with E-state index in [0.717, 1.165) is 23.1 Å². The average Bonchev–Trinajstić information content (AvgIpc) is 3.03. The molecular weight excluding hydrogens is 332 g/mol. The number of para-hydroxylation sites is 1. The zero-order valence-corrected chi connectivity index (χ0v) is 14.3. The van der Waals surface area contributed by atoms with Crippen LogP contribution in [-0.2, 0) is 17.9 Å². The molecule has 0 atom stereocenters. The maximum absolute atomic E-state index is 12.5. The Morgan fingerprint density at radius 2 is 2.15 bits per heavy atom. The van der Waals surface area contributed by atoms with Crippen molar-refractivity contribution in [3.05, 3.63) is 53.7 Å². The van der Waals surface area contributed by atoms with Gasteiger partial charge in [-0.2, -0.15) is 5.10 Å². The van der Waals surface area contributed by atoms with Gasteiger partial charge in [0.05, 0.1) is 23.4 Å². The summed E-state index contributed by atoms with van der Waals surface area (Å²) < 4.78 is 7.28. The SMILES string of the molecule is CCn1nc(CNC(=O)c2ccc3c(c2)OCC(=O)N3)c2ccccc21. The number of aromatic nitrogens is 2. The maximum Gasteiger partial charge on any atom is 0.262 e. The van der Waals surface area contributed by atoms with Crippen LogP contribution in [0, 0.1) is 0 Å². The van der Waals surface area contributed by atoms with E-state index in [0.29, 0.717) is 23.5 Å². The Morgan fingerprint density at radius 1 is 1.31 bits per heavy atom. The molecule has 4 rings (SSSR count). The summed E-state index contributed by atoms with van der Waals surface area (Å²) in [6.45, 7) is 3.09. The third kappa shape index (κ3) is 2.88. The summed E-state index contributed by atoms with van der Waals surface area (Å²) in [4.78, 5) is 23.8. The number of hydrogen-bond acceptors (Lipinski definition) is 4. The zero-order chi connectivity index (χ0) is 18.1. The van der Waals surface area contributed by atoms with Crippen LogP contribution in [-0.4, -0.2) is 28.2 Å². The minimum Gasteiger partial charge on any atom is -0.482 e. The first-order valence-electron chi connectivity index (χ1n) is 8.45. The quantitative estimate of drug-likeness (QED) is 0.756. The largest absolute Gasteiger partial charge is 0.482 e. The van der Waals surface area contributed by atoms with E-state index < -0.39 is 0 Å². The number of fused-ring (bicyclic) bond motifs is 2. The van der Waals surface area contributed by atoms with Crippen molar-refractivity contribution in [2.45, 2.75) is 20.0 Å². The van der Waals surface area contributed by atoms with Crippen LogP contribution in [0.2, 0.25) is 0 Å². The van der Waals surface area contributed by atoms with Crippen molar-refractivity contribution in [2.24, 2.45) is 0 Å². The molecule has 1 aromatic heterocycles. The average molecular weight is 350 g/mol. The Kier molecular flexibility index (Phi) is 4.04. The molecule has 0 fully saturated rings. The lowest BCUT2D eigenvalue weighted by Crippen LogP contribution is -2.27. The third-order valence-electron chi connectivity index (χ3n) is 4.33. The highest BCUT2D eigenvalue weighted by atomic mass is 16.5. The predicted octanol–water partition coefficient (Wildman–Crippen LogP) is 2.32. The molecule has 0 unspecified atom stereocenters. The third-order valence-corrected chi connectivity index (χ3v) is 4.33. The Balaban J connectivity index is 1.52. The summed E-state index contributed by atoms with van der Waals surface area (Å²) in [5.74, 6) is 0.0782. The smallest absolute Gasteiger partial charge is 0.262 e. The second kappa shape index (κ2) is 6.51. The summed E-state index contributed by atoms with van der Waals surface area (Å²) in [5.41, 5.74) is 2.93. The van der Waals surface area contributed by atoms with Crippen LogP contribution < -0.4 is 15.4 Å². The molecule has 7 nitrogen and oxygen atoms in total. The van der Waals surface area contributed by atoms with Crippen LogP contribution in [0.1, 0.15) is 23.0 Å². The lowest BCUT2D eigenvalue weighted by atomic mass is 10.1. The lowest BCUT2D eigenvalue weighted by Gasteiger charge is -2.18. The first-order valence-corrected chi connectivity index (χ1v) is 8.45. The molecule has 1 aliphatic heterocycles. The molecule has 0 aliphatic carbocycles. The monoisotopic (exact) mass is 350 g/mol. The molecular formula is C19H18N4O3. The first kappa shape index (κ1) is 16.1. The van der Waals surface area contributed by atoms with E-state index in [9.17, 15) is 9.59 Å². The van der Waals surface area contributed by atoms with Gasteiger partial charge in [-0.05, 0) is 31.2 Å². The van der Waals surface area contributed by atoms with Crippen LogP contribution in [0.3, 0.4) is 0 Å². The highest BCUT2D eigenvalue weighted by Crippen LogP contribution is 2.28. The number of nitrogens with one attached hydrogen (secondary N) is 2. The minimum absolute atomic E-state index is 0.0431. The Hall–Kier alpha value is -3.35. The highest BCUT2D eigenvalue weighted by Gasteiger charge is 2.18. The predicted molar refractivity (Wildman–Crippen MR) is 97.1 cm³/mol. The topological polar surface area (TPSA) is 85.2 Å². The summed E-state index contributed by atoms with van der Waals surface area (Å²) in [6, 6.07) is 12.9. The second-order valence-electron chi connectivity index (χ2n) is 6.01. The number of anilines is 1. The Morgan fingerprint density at radius 3 is 3.00 bits per heavy atom. The summed E-state index contributed by atoms with van der Waals surface area (Å²) in [5, 5.41) is 11.2. The molecule has 7 heteroatoms. The molecule has 0 radical (unpaired) electrons.